The van der Waals surface area contributed by atoms with Crippen LogP contribution >= 0.6 is 0 Å². The van der Waals surface area contributed by atoms with Crippen molar-refractivity contribution in [1.29, 1.82) is 0 Å². The Morgan fingerprint density at radius 3 is 2.39 bits per heavy atom. The summed E-state index contributed by atoms with van der Waals surface area (Å²) in [5, 5.41) is 4.33. The zero-order valence-electron chi connectivity index (χ0n) is 11.2. The van der Waals surface area contributed by atoms with Crippen LogP contribution in [0.3, 0.4) is 0 Å². The second kappa shape index (κ2) is 5.31. The summed E-state index contributed by atoms with van der Waals surface area (Å²) in [6.45, 7) is 6.66. The van der Waals surface area contributed by atoms with E-state index in [1.54, 1.807) is 0 Å². The van der Waals surface area contributed by atoms with E-state index in [0.29, 0.717) is 6.54 Å². The molecular formula is C14H20N4. The van der Waals surface area contributed by atoms with Crippen LogP contribution in [0.25, 0.3) is 0 Å². The van der Waals surface area contributed by atoms with E-state index in [1.807, 2.05) is 18.5 Å². The third-order valence-corrected chi connectivity index (χ3v) is 3.15. The summed E-state index contributed by atoms with van der Waals surface area (Å²) in [7, 11) is 0. The van der Waals surface area contributed by atoms with Gasteiger partial charge in [-0.2, -0.15) is 5.10 Å². The van der Waals surface area contributed by atoms with Crippen LogP contribution in [-0.4, -0.2) is 14.8 Å². The van der Waals surface area contributed by atoms with E-state index in [4.69, 9.17) is 5.73 Å². The molecule has 2 aromatic rings. The molecule has 0 aliphatic carbocycles. The Labute approximate surface area is 108 Å². The minimum absolute atomic E-state index is 0.0456. The largest absolute Gasteiger partial charge is 0.322 e. The fourth-order valence-electron chi connectivity index (χ4n) is 2.03. The zero-order valence-corrected chi connectivity index (χ0v) is 11.2. The van der Waals surface area contributed by atoms with Crippen molar-refractivity contribution in [3.8, 4) is 0 Å². The molecule has 1 atom stereocenters. The van der Waals surface area contributed by atoms with Crippen molar-refractivity contribution in [3.63, 3.8) is 0 Å². The van der Waals surface area contributed by atoms with Crippen molar-refractivity contribution in [2.75, 3.05) is 0 Å². The zero-order chi connectivity index (χ0) is 13.1. The summed E-state index contributed by atoms with van der Waals surface area (Å²) in [4.78, 5) is 4.28. The van der Waals surface area contributed by atoms with Gasteiger partial charge in [0.1, 0.15) is 11.6 Å². The SMILES string of the molecule is CCc1ccc(C(N)Cn2nc(C)nc2C)cc1. The van der Waals surface area contributed by atoms with E-state index >= 15 is 0 Å². The quantitative estimate of drug-likeness (QED) is 0.896. The summed E-state index contributed by atoms with van der Waals surface area (Å²) >= 11 is 0. The van der Waals surface area contributed by atoms with Crippen LogP contribution in [0.1, 0.15) is 35.7 Å². The Balaban J connectivity index is 2.11. The smallest absolute Gasteiger partial charge is 0.147 e. The lowest BCUT2D eigenvalue weighted by Crippen LogP contribution is -2.19. The lowest BCUT2D eigenvalue weighted by atomic mass is 10.0. The van der Waals surface area contributed by atoms with Crippen LogP contribution in [0.4, 0.5) is 0 Å². The maximum Gasteiger partial charge on any atom is 0.147 e. The van der Waals surface area contributed by atoms with Gasteiger partial charge in [-0.05, 0) is 31.4 Å². The molecule has 1 aromatic carbocycles. The number of rotatable bonds is 4. The second-order valence-corrected chi connectivity index (χ2v) is 4.59. The molecule has 0 radical (unpaired) electrons. The lowest BCUT2D eigenvalue weighted by molar-refractivity contribution is 0.513. The summed E-state index contributed by atoms with van der Waals surface area (Å²) in [5.74, 6) is 1.70. The molecule has 1 heterocycles. The molecule has 2 N–H and O–H groups in total. The average Bonchev–Trinajstić information content (AvgIpc) is 2.68. The van der Waals surface area contributed by atoms with E-state index in [1.165, 1.54) is 5.56 Å². The normalized spacial score (nSPS) is 12.7. The first-order valence-electron chi connectivity index (χ1n) is 6.32. The topological polar surface area (TPSA) is 56.7 Å². The van der Waals surface area contributed by atoms with Gasteiger partial charge in [0.25, 0.3) is 0 Å². The second-order valence-electron chi connectivity index (χ2n) is 4.59. The highest BCUT2D eigenvalue weighted by molar-refractivity contribution is 5.24. The van der Waals surface area contributed by atoms with Gasteiger partial charge in [0.15, 0.2) is 0 Å². The average molecular weight is 244 g/mol. The van der Waals surface area contributed by atoms with E-state index in [0.717, 1.165) is 23.6 Å². The molecule has 1 aromatic heterocycles. The highest BCUT2D eigenvalue weighted by atomic mass is 15.3. The highest BCUT2D eigenvalue weighted by Crippen LogP contribution is 2.14. The van der Waals surface area contributed by atoms with Crippen LogP contribution in [0.2, 0.25) is 0 Å². The fraction of sp³-hybridized carbons (Fsp3) is 0.429. The maximum atomic E-state index is 6.21. The van der Waals surface area contributed by atoms with Gasteiger partial charge in [-0.3, -0.25) is 0 Å². The first kappa shape index (κ1) is 12.8. The predicted octanol–water partition coefficient (Wildman–Crippen LogP) is 2.16. The molecule has 0 saturated carbocycles. The Kier molecular flexibility index (Phi) is 3.77. The molecule has 4 heteroatoms. The molecule has 0 aliphatic heterocycles. The van der Waals surface area contributed by atoms with Crippen molar-refractivity contribution >= 4 is 0 Å². The Morgan fingerprint density at radius 2 is 1.89 bits per heavy atom. The van der Waals surface area contributed by atoms with E-state index in [9.17, 15) is 0 Å². The number of hydrogen-bond acceptors (Lipinski definition) is 3. The molecule has 1 unspecified atom stereocenters. The van der Waals surface area contributed by atoms with Crippen LogP contribution in [0, 0.1) is 13.8 Å². The molecule has 2 rings (SSSR count). The number of hydrogen-bond donors (Lipinski definition) is 1. The number of nitrogens with two attached hydrogens (primary N) is 1. The summed E-state index contributed by atoms with van der Waals surface area (Å²) in [6, 6.07) is 8.42. The molecule has 0 aliphatic rings. The van der Waals surface area contributed by atoms with E-state index in [-0.39, 0.29) is 6.04 Å². The monoisotopic (exact) mass is 244 g/mol. The van der Waals surface area contributed by atoms with Crippen molar-refractivity contribution < 1.29 is 0 Å². The van der Waals surface area contributed by atoms with Gasteiger partial charge in [0, 0.05) is 6.04 Å². The summed E-state index contributed by atoms with van der Waals surface area (Å²) in [6.07, 6.45) is 1.05. The van der Waals surface area contributed by atoms with Crippen molar-refractivity contribution in [3.05, 3.63) is 47.0 Å². The Bertz CT molecular complexity index is 513. The van der Waals surface area contributed by atoms with Gasteiger partial charge >= 0.3 is 0 Å². The lowest BCUT2D eigenvalue weighted by Gasteiger charge is -2.13. The molecular weight excluding hydrogens is 224 g/mol. The molecule has 0 spiro atoms. The van der Waals surface area contributed by atoms with E-state index in [2.05, 4.69) is 41.3 Å². The minimum atomic E-state index is -0.0456. The summed E-state index contributed by atoms with van der Waals surface area (Å²) < 4.78 is 1.87. The van der Waals surface area contributed by atoms with Crippen molar-refractivity contribution in [2.45, 2.75) is 39.8 Å². The molecule has 4 nitrogen and oxygen atoms in total. The molecule has 18 heavy (non-hydrogen) atoms. The van der Waals surface area contributed by atoms with Gasteiger partial charge < -0.3 is 5.73 Å². The van der Waals surface area contributed by atoms with Crippen LogP contribution < -0.4 is 5.73 Å². The predicted molar refractivity (Wildman–Crippen MR) is 72.2 cm³/mol. The fourth-order valence-corrected chi connectivity index (χ4v) is 2.03. The Hall–Kier alpha value is -1.68. The molecule has 0 bridgehead atoms. The standard InChI is InChI=1S/C14H20N4/c1-4-12-5-7-13(8-6-12)14(15)9-18-11(3)16-10(2)17-18/h5-8,14H,4,9,15H2,1-3H3. The molecule has 0 amide bonds. The first-order valence-corrected chi connectivity index (χ1v) is 6.32. The number of aryl methyl sites for hydroxylation is 3. The number of nitrogens with zero attached hydrogens (tertiary/aromatic N) is 3. The highest BCUT2D eigenvalue weighted by Gasteiger charge is 2.10. The first-order chi connectivity index (χ1) is 8.60. The molecule has 0 fully saturated rings. The van der Waals surface area contributed by atoms with Crippen molar-refractivity contribution in [1.82, 2.24) is 14.8 Å². The number of aromatic nitrogens is 3. The van der Waals surface area contributed by atoms with Gasteiger partial charge in [0.2, 0.25) is 0 Å². The van der Waals surface area contributed by atoms with Gasteiger partial charge in [-0.1, -0.05) is 31.2 Å². The van der Waals surface area contributed by atoms with Gasteiger partial charge in [-0.25, -0.2) is 9.67 Å². The maximum absolute atomic E-state index is 6.21. The van der Waals surface area contributed by atoms with Gasteiger partial charge in [-0.15, -0.1) is 0 Å². The third-order valence-electron chi connectivity index (χ3n) is 3.15. The van der Waals surface area contributed by atoms with Crippen molar-refractivity contribution in [2.24, 2.45) is 5.73 Å². The Morgan fingerprint density at radius 1 is 1.22 bits per heavy atom. The molecule has 96 valence electrons. The number of benzene rings is 1. The van der Waals surface area contributed by atoms with Crippen LogP contribution in [0.15, 0.2) is 24.3 Å². The summed E-state index contributed by atoms with van der Waals surface area (Å²) in [5.41, 5.74) is 8.68. The van der Waals surface area contributed by atoms with Gasteiger partial charge in [0.05, 0.1) is 6.54 Å². The molecule has 0 saturated heterocycles. The van der Waals surface area contributed by atoms with Crippen LogP contribution in [0.5, 0.6) is 0 Å². The van der Waals surface area contributed by atoms with E-state index < -0.39 is 0 Å². The van der Waals surface area contributed by atoms with Crippen LogP contribution in [-0.2, 0) is 13.0 Å². The minimum Gasteiger partial charge on any atom is -0.322 e. The third kappa shape index (κ3) is 2.76.